The molecule has 3 nitrogen and oxygen atoms in total. The average molecular weight is 333 g/mol. The van der Waals surface area contributed by atoms with E-state index in [0.717, 1.165) is 10.9 Å². The molecule has 2 rings (SSSR count). The molecule has 0 radical (unpaired) electrons. The quantitative estimate of drug-likeness (QED) is 0.480. The van der Waals surface area contributed by atoms with Gasteiger partial charge in [0.25, 0.3) is 0 Å². The van der Waals surface area contributed by atoms with Gasteiger partial charge in [-0.25, -0.2) is 0 Å². The topological polar surface area (TPSA) is 43.4 Å². The molecule has 0 N–H and O–H groups in total. The van der Waals surface area contributed by atoms with Crippen LogP contribution in [-0.2, 0) is 10.1 Å². The Kier molecular flexibility index (Phi) is 5.10. The molecule has 0 aliphatic carbocycles. The van der Waals surface area contributed by atoms with Gasteiger partial charge in [-0.15, -0.1) is 0 Å². The van der Waals surface area contributed by atoms with Crippen molar-refractivity contribution >= 4 is 25.6 Å². The summed E-state index contributed by atoms with van der Waals surface area (Å²) in [7, 11) is 0. The number of esters is 1. The van der Waals surface area contributed by atoms with E-state index >= 15 is 0 Å². The van der Waals surface area contributed by atoms with Crippen LogP contribution < -0.4 is 4.74 Å². The normalized spacial score (nSPS) is 10.1. The SMILES string of the molecule is CC(=O)Oc1ccccc1C(=O)[Se]Cc1ccccc1. The molecule has 0 saturated carbocycles. The van der Waals surface area contributed by atoms with Crippen molar-refractivity contribution in [1.82, 2.24) is 0 Å². The number of hydrogen-bond acceptors (Lipinski definition) is 3. The fourth-order valence-corrected chi connectivity index (χ4v) is 3.39. The molecule has 2 aromatic rings. The van der Waals surface area contributed by atoms with Crippen LogP contribution in [0.5, 0.6) is 5.75 Å². The van der Waals surface area contributed by atoms with E-state index in [1.165, 1.54) is 6.92 Å². The second-order valence-electron chi connectivity index (χ2n) is 4.15. The van der Waals surface area contributed by atoms with Crippen LogP contribution in [-0.4, -0.2) is 25.6 Å². The molecule has 0 fully saturated rings. The Morgan fingerprint density at radius 1 is 1.00 bits per heavy atom. The maximum absolute atomic E-state index is 12.3. The van der Waals surface area contributed by atoms with E-state index in [1.807, 2.05) is 30.3 Å². The second-order valence-corrected chi connectivity index (χ2v) is 6.14. The fourth-order valence-electron chi connectivity index (χ4n) is 1.68. The van der Waals surface area contributed by atoms with Crippen LogP contribution >= 0.6 is 0 Å². The molecule has 0 bridgehead atoms. The summed E-state index contributed by atoms with van der Waals surface area (Å²) in [6.45, 7) is 1.33. The van der Waals surface area contributed by atoms with Gasteiger partial charge in [0.1, 0.15) is 0 Å². The van der Waals surface area contributed by atoms with Crippen LogP contribution in [0.2, 0.25) is 0 Å². The van der Waals surface area contributed by atoms with Gasteiger partial charge in [-0.05, 0) is 0 Å². The third kappa shape index (κ3) is 4.05. The van der Waals surface area contributed by atoms with Gasteiger partial charge >= 0.3 is 124 Å². The second kappa shape index (κ2) is 7.04. The molecule has 0 aliphatic rings. The van der Waals surface area contributed by atoms with Crippen molar-refractivity contribution in [1.29, 1.82) is 0 Å². The Bertz CT molecular complexity index is 608. The predicted molar refractivity (Wildman–Crippen MR) is 78.0 cm³/mol. The van der Waals surface area contributed by atoms with E-state index in [-0.39, 0.29) is 19.6 Å². The van der Waals surface area contributed by atoms with E-state index in [2.05, 4.69) is 0 Å². The van der Waals surface area contributed by atoms with Crippen LogP contribution in [0.4, 0.5) is 0 Å². The molecule has 2 aromatic carbocycles. The van der Waals surface area contributed by atoms with Crippen LogP contribution in [0.3, 0.4) is 0 Å². The number of rotatable bonds is 5. The summed E-state index contributed by atoms with van der Waals surface area (Å²) in [4.78, 5) is 23.3. The molecule has 0 atom stereocenters. The van der Waals surface area contributed by atoms with Gasteiger partial charge in [0.15, 0.2) is 0 Å². The Balaban J connectivity index is 2.07. The summed E-state index contributed by atoms with van der Waals surface area (Å²) < 4.78 is 5.11. The summed E-state index contributed by atoms with van der Waals surface area (Å²) >= 11 is -0.211. The van der Waals surface area contributed by atoms with E-state index in [4.69, 9.17) is 4.74 Å². The number of hydrogen-bond donors (Lipinski definition) is 0. The molecule has 102 valence electrons. The third-order valence-electron chi connectivity index (χ3n) is 2.57. The van der Waals surface area contributed by atoms with Crippen molar-refractivity contribution in [2.45, 2.75) is 12.2 Å². The van der Waals surface area contributed by atoms with Gasteiger partial charge in [0.05, 0.1) is 0 Å². The first-order valence-corrected chi connectivity index (χ1v) is 8.22. The number of benzene rings is 2. The zero-order valence-electron chi connectivity index (χ0n) is 11.0. The first kappa shape index (κ1) is 14.5. The van der Waals surface area contributed by atoms with Crippen molar-refractivity contribution in [2.75, 3.05) is 0 Å². The van der Waals surface area contributed by atoms with E-state index in [1.54, 1.807) is 24.3 Å². The van der Waals surface area contributed by atoms with E-state index in [9.17, 15) is 9.59 Å². The minimum atomic E-state index is -0.416. The van der Waals surface area contributed by atoms with Crippen LogP contribution in [0.1, 0.15) is 22.8 Å². The van der Waals surface area contributed by atoms with E-state index in [0.29, 0.717) is 11.3 Å². The van der Waals surface area contributed by atoms with Crippen LogP contribution in [0, 0.1) is 0 Å². The summed E-state index contributed by atoms with van der Waals surface area (Å²) in [5, 5.41) is 0.737. The first-order chi connectivity index (χ1) is 9.66. The molecule has 0 heterocycles. The molecule has 0 aromatic heterocycles. The van der Waals surface area contributed by atoms with Crippen LogP contribution in [0.25, 0.3) is 0 Å². The van der Waals surface area contributed by atoms with Crippen LogP contribution in [0.15, 0.2) is 54.6 Å². The summed E-state index contributed by atoms with van der Waals surface area (Å²) in [6.07, 6.45) is 0. The summed E-state index contributed by atoms with van der Waals surface area (Å²) in [5.74, 6) is -0.0688. The molecule has 0 aliphatic heterocycles. The maximum atomic E-state index is 12.3. The molecule has 4 heteroatoms. The molecule has 0 amide bonds. The first-order valence-electron chi connectivity index (χ1n) is 6.15. The number of ether oxygens (including phenoxy) is 1. The Hall–Kier alpha value is -1.90. The van der Waals surface area contributed by atoms with Crippen molar-refractivity contribution in [3.63, 3.8) is 0 Å². The summed E-state index contributed by atoms with van der Waals surface area (Å²) in [5.41, 5.74) is 1.63. The monoisotopic (exact) mass is 334 g/mol. The van der Waals surface area contributed by atoms with Crippen molar-refractivity contribution in [2.24, 2.45) is 0 Å². The number of para-hydroxylation sites is 1. The predicted octanol–water partition coefficient (Wildman–Crippen LogP) is 2.66. The zero-order chi connectivity index (χ0) is 14.4. The number of carbonyl (C=O) groups is 2. The fraction of sp³-hybridized carbons (Fsp3) is 0.125. The van der Waals surface area contributed by atoms with Crippen molar-refractivity contribution < 1.29 is 14.3 Å². The molecule has 20 heavy (non-hydrogen) atoms. The van der Waals surface area contributed by atoms with Crippen molar-refractivity contribution in [3.8, 4) is 5.75 Å². The summed E-state index contributed by atoms with van der Waals surface area (Å²) in [6, 6.07) is 16.8. The van der Waals surface area contributed by atoms with E-state index < -0.39 is 5.97 Å². The van der Waals surface area contributed by atoms with Gasteiger partial charge in [-0.3, -0.25) is 0 Å². The minimum absolute atomic E-state index is 0.0400. The molecule has 0 spiro atoms. The Morgan fingerprint density at radius 2 is 1.65 bits per heavy atom. The molecule has 0 unspecified atom stereocenters. The van der Waals surface area contributed by atoms with Gasteiger partial charge in [-0.1, -0.05) is 0 Å². The number of carbonyl (C=O) groups excluding carboxylic acids is 2. The Morgan fingerprint density at radius 3 is 2.35 bits per heavy atom. The third-order valence-corrected chi connectivity index (χ3v) is 4.59. The molecule has 0 saturated heterocycles. The van der Waals surface area contributed by atoms with Gasteiger partial charge < -0.3 is 0 Å². The standard InChI is InChI=1S/C16H14O3Se/c1-12(17)19-15-10-6-5-9-14(15)16(18)20-11-13-7-3-2-4-8-13/h2-10H,11H2,1H3. The molecular weight excluding hydrogens is 319 g/mol. The average Bonchev–Trinajstić information content (AvgIpc) is 2.46. The van der Waals surface area contributed by atoms with Gasteiger partial charge in [-0.2, -0.15) is 0 Å². The molecular formula is C16H14O3Se. The van der Waals surface area contributed by atoms with Gasteiger partial charge in [0, 0.05) is 0 Å². The van der Waals surface area contributed by atoms with Crippen molar-refractivity contribution in [3.05, 3.63) is 65.7 Å². The Labute approximate surface area is 124 Å². The zero-order valence-corrected chi connectivity index (χ0v) is 12.7. The van der Waals surface area contributed by atoms with Gasteiger partial charge in [0.2, 0.25) is 0 Å².